The van der Waals surface area contributed by atoms with Crippen molar-refractivity contribution in [2.45, 2.75) is 38.0 Å². The number of hydrogen-bond donors (Lipinski definition) is 2. The number of aliphatic hydroxyl groups excluding tert-OH is 1. The molecule has 74 valence electrons. The van der Waals surface area contributed by atoms with Gasteiger partial charge in [0.25, 0.3) is 0 Å². The van der Waals surface area contributed by atoms with Crippen LogP contribution in [0.25, 0.3) is 0 Å². The van der Waals surface area contributed by atoms with Crippen LogP contribution in [0.5, 0.6) is 0 Å². The van der Waals surface area contributed by atoms with Crippen LogP contribution in [0.15, 0.2) is 0 Å². The van der Waals surface area contributed by atoms with Crippen LogP contribution in [0.2, 0.25) is 0 Å². The van der Waals surface area contributed by atoms with Crippen molar-refractivity contribution < 1.29 is 9.84 Å². The smallest absolute Gasteiger partial charge is 0.159 e. The molecule has 0 radical (unpaired) electrons. The molecule has 0 bridgehead atoms. The first-order chi connectivity index (χ1) is 6.24. The fourth-order valence-electron chi connectivity index (χ4n) is 1.44. The van der Waals surface area contributed by atoms with Gasteiger partial charge in [0.1, 0.15) is 0 Å². The molecule has 1 aliphatic heterocycles. The summed E-state index contributed by atoms with van der Waals surface area (Å²) in [6.45, 7) is 2.91. The van der Waals surface area contributed by atoms with Gasteiger partial charge in [-0.05, 0) is 19.8 Å². The van der Waals surface area contributed by atoms with E-state index in [4.69, 9.17) is 15.1 Å². The van der Waals surface area contributed by atoms with E-state index in [1.165, 1.54) is 0 Å². The molecule has 0 aromatic heterocycles. The molecule has 2 N–H and O–H groups in total. The van der Waals surface area contributed by atoms with E-state index >= 15 is 0 Å². The Morgan fingerprint density at radius 1 is 1.77 bits per heavy atom. The van der Waals surface area contributed by atoms with Crippen molar-refractivity contribution >= 4 is 0 Å². The van der Waals surface area contributed by atoms with Crippen molar-refractivity contribution in [1.82, 2.24) is 5.32 Å². The van der Waals surface area contributed by atoms with Crippen molar-refractivity contribution in [3.05, 3.63) is 0 Å². The lowest BCUT2D eigenvalue weighted by Crippen LogP contribution is -2.46. The topological polar surface area (TPSA) is 65.3 Å². The average Bonchev–Trinajstić information content (AvgIpc) is 2.15. The first kappa shape index (κ1) is 10.5. The minimum absolute atomic E-state index is 0.0772. The minimum atomic E-state index is -0.374. The fraction of sp³-hybridized carbons (Fsp3) is 0.889. The Morgan fingerprint density at radius 3 is 3.15 bits per heavy atom. The quantitative estimate of drug-likeness (QED) is 0.649. The highest BCUT2D eigenvalue weighted by Crippen LogP contribution is 2.12. The number of hydrogen-bond acceptors (Lipinski definition) is 4. The second kappa shape index (κ2) is 5.18. The zero-order chi connectivity index (χ0) is 9.68. The van der Waals surface area contributed by atoms with Crippen molar-refractivity contribution in [3.8, 4) is 6.07 Å². The van der Waals surface area contributed by atoms with Crippen molar-refractivity contribution in [2.24, 2.45) is 0 Å². The Labute approximate surface area is 78.5 Å². The maximum atomic E-state index is 9.06. The van der Waals surface area contributed by atoms with Gasteiger partial charge >= 0.3 is 0 Å². The molecule has 4 nitrogen and oxygen atoms in total. The van der Waals surface area contributed by atoms with Gasteiger partial charge in [-0.25, -0.2) is 0 Å². The van der Waals surface area contributed by atoms with Gasteiger partial charge in [0, 0.05) is 19.2 Å². The van der Waals surface area contributed by atoms with E-state index in [0.29, 0.717) is 13.2 Å². The lowest BCUT2D eigenvalue weighted by Gasteiger charge is -2.28. The molecule has 0 spiro atoms. The number of aliphatic hydroxyl groups is 1. The number of nitrogens with zero attached hydrogens (tertiary/aromatic N) is 1. The summed E-state index contributed by atoms with van der Waals surface area (Å²) in [5, 5.41) is 20.9. The van der Waals surface area contributed by atoms with Crippen LogP contribution in [0.3, 0.4) is 0 Å². The van der Waals surface area contributed by atoms with Gasteiger partial charge in [-0.15, -0.1) is 0 Å². The molecule has 4 heteroatoms. The normalized spacial score (nSPS) is 30.8. The largest absolute Gasteiger partial charge is 0.392 e. The average molecular weight is 184 g/mol. The van der Waals surface area contributed by atoms with E-state index in [2.05, 4.69) is 11.4 Å². The van der Waals surface area contributed by atoms with Gasteiger partial charge in [-0.3, -0.25) is 0 Å². The number of nitriles is 1. The maximum absolute atomic E-state index is 9.06. The molecule has 2 unspecified atom stereocenters. The zero-order valence-electron chi connectivity index (χ0n) is 7.86. The van der Waals surface area contributed by atoms with E-state index in [9.17, 15) is 0 Å². The van der Waals surface area contributed by atoms with E-state index in [0.717, 1.165) is 12.8 Å². The second-order valence-electron chi connectivity index (χ2n) is 3.43. The summed E-state index contributed by atoms with van der Waals surface area (Å²) < 4.78 is 5.27. The third kappa shape index (κ3) is 3.31. The molecular formula is C9H16N2O2. The molecule has 0 amide bonds. The molecule has 0 aromatic rings. The van der Waals surface area contributed by atoms with Crippen LogP contribution in [0, 0.1) is 11.3 Å². The van der Waals surface area contributed by atoms with Crippen LogP contribution in [-0.2, 0) is 4.74 Å². The summed E-state index contributed by atoms with van der Waals surface area (Å²) in [5.74, 6) is 0. The maximum Gasteiger partial charge on any atom is 0.159 e. The summed E-state index contributed by atoms with van der Waals surface area (Å²) in [6.07, 6.45) is 1.20. The molecule has 1 aliphatic rings. The molecule has 13 heavy (non-hydrogen) atoms. The lowest BCUT2D eigenvalue weighted by molar-refractivity contribution is 0.0219. The number of ether oxygens (including phenoxy) is 1. The van der Waals surface area contributed by atoms with Crippen molar-refractivity contribution in [1.29, 1.82) is 5.26 Å². The zero-order valence-corrected chi connectivity index (χ0v) is 7.86. The first-order valence-electron chi connectivity index (χ1n) is 4.66. The molecule has 1 fully saturated rings. The molecule has 0 saturated carbocycles. The Bertz CT molecular complexity index is 189. The highest BCUT2D eigenvalue weighted by molar-refractivity contribution is 4.96. The fourth-order valence-corrected chi connectivity index (χ4v) is 1.44. The molecule has 0 aliphatic carbocycles. The van der Waals surface area contributed by atoms with E-state index < -0.39 is 0 Å². The van der Waals surface area contributed by atoms with Gasteiger partial charge in [0.2, 0.25) is 0 Å². The Morgan fingerprint density at radius 2 is 2.54 bits per heavy atom. The summed E-state index contributed by atoms with van der Waals surface area (Å²) in [5.41, 5.74) is 0. The van der Waals surface area contributed by atoms with Gasteiger partial charge in [-0.1, -0.05) is 0 Å². The van der Waals surface area contributed by atoms with Crippen LogP contribution in [-0.4, -0.2) is 36.5 Å². The van der Waals surface area contributed by atoms with Crippen LogP contribution in [0.1, 0.15) is 19.8 Å². The third-order valence-corrected chi connectivity index (χ3v) is 2.13. The number of nitrogens with one attached hydrogen (secondary N) is 1. The highest BCUT2D eigenvalue weighted by atomic mass is 16.5. The predicted octanol–water partition coefficient (Wildman–Crippen LogP) is 0.0280. The van der Waals surface area contributed by atoms with E-state index in [1.54, 1.807) is 6.92 Å². The van der Waals surface area contributed by atoms with Gasteiger partial charge in [-0.2, -0.15) is 5.26 Å². The molecule has 1 heterocycles. The summed E-state index contributed by atoms with van der Waals surface area (Å²) in [7, 11) is 0. The van der Waals surface area contributed by atoms with Crippen molar-refractivity contribution in [3.63, 3.8) is 0 Å². The Hall–Kier alpha value is -0.630. The Kier molecular flexibility index (Phi) is 4.16. The predicted molar refractivity (Wildman–Crippen MR) is 48.1 cm³/mol. The standard InChI is InChI=1S/C9H16N2O2/c1-7(12)6-11-8-3-2-4-13-9(8)5-10/h7-9,11-12H,2-4,6H2,1H3/t7-,8?,9?/m0/s1. The minimum Gasteiger partial charge on any atom is -0.392 e. The van der Waals surface area contributed by atoms with Gasteiger partial charge < -0.3 is 15.2 Å². The van der Waals surface area contributed by atoms with Crippen LogP contribution < -0.4 is 5.32 Å². The van der Waals surface area contributed by atoms with Crippen LogP contribution in [0.4, 0.5) is 0 Å². The molecular weight excluding hydrogens is 168 g/mol. The third-order valence-electron chi connectivity index (χ3n) is 2.13. The lowest BCUT2D eigenvalue weighted by atomic mass is 10.0. The van der Waals surface area contributed by atoms with E-state index in [-0.39, 0.29) is 18.2 Å². The highest BCUT2D eigenvalue weighted by Gasteiger charge is 2.25. The molecule has 1 saturated heterocycles. The summed E-state index contributed by atoms with van der Waals surface area (Å²) in [4.78, 5) is 0. The summed E-state index contributed by atoms with van der Waals surface area (Å²) in [6, 6.07) is 2.19. The molecule has 0 aromatic carbocycles. The van der Waals surface area contributed by atoms with Gasteiger partial charge in [0.05, 0.1) is 12.2 Å². The van der Waals surface area contributed by atoms with Crippen LogP contribution >= 0.6 is 0 Å². The molecule has 1 rings (SSSR count). The molecule has 3 atom stereocenters. The summed E-state index contributed by atoms with van der Waals surface area (Å²) >= 11 is 0. The number of rotatable bonds is 3. The van der Waals surface area contributed by atoms with Crippen molar-refractivity contribution in [2.75, 3.05) is 13.2 Å². The van der Waals surface area contributed by atoms with E-state index in [1.807, 2.05) is 0 Å². The van der Waals surface area contributed by atoms with Gasteiger partial charge in [0.15, 0.2) is 6.10 Å². The Balaban J connectivity index is 2.33. The first-order valence-corrected chi connectivity index (χ1v) is 4.66. The monoisotopic (exact) mass is 184 g/mol. The second-order valence-corrected chi connectivity index (χ2v) is 3.43. The SMILES string of the molecule is C[C@H](O)CNC1CCCOC1C#N.